The second-order valence-corrected chi connectivity index (χ2v) is 6.71. The van der Waals surface area contributed by atoms with E-state index >= 15 is 0 Å². The van der Waals surface area contributed by atoms with Gasteiger partial charge in [0.1, 0.15) is 0 Å². The first-order valence-corrected chi connectivity index (χ1v) is 8.72. The fraction of sp³-hybridized carbons (Fsp3) is 0.353. The van der Waals surface area contributed by atoms with Crippen LogP contribution in [0.3, 0.4) is 0 Å². The Hall–Kier alpha value is -2.05. The average molecular weight is 330 g/mol. The summed E-state index contributed by atoms with van der Waals surface area (Å²) < 4.78 is 0. The topological polar surface area (TPSA) is 63.5 Å². The fourth-order valence-electron chi connectivity index (χ4n) is 2.98. The molecule has 6 heteroatoms. The van der Waals surface area contributed by atoms with Crippen LogP contribution in [0.25, 0.3) is 0 Å². The lowest BCUT2D eigenvalue weighted by Crippen LogP contribution is -3.14. The van der Waals surface area contributed by atoms with E-state index in [2.05, 4.69) is 10.3 Å². The molecule has 120 valence electrons. The predicted molar refractivity (Wildman–Crippen MR) is 89.8 cm³/mol. The number of amides is 1. The standard InChI is InChI=1S/C17H19N3O2S/c21-15(19-17-18-8-11-23-17)12-20-9-6-14(7-10-20)16(22)13-4-2-1-3-5-13/h1-5,8,11,14H,6-7,9-10,12H2,(H,18,19,21)/p+1. The summed E-state index contributed by atoms with van der Waals surface area (Å²) in [4.78, 5) is 29.7. The van der Waals surface area contributed by atoms with Crippen molar-refractivity contribution in [1.82, 2.24) is 4.98 Å². The van der Waals surface area contributed by atoms with Crippen molar-refractivity contribution < 1.29 is 14.5 Å². The number of ketones is 1. The number of hydrogen-bond donors (Lipinski definition) is 2. The summed E-state index contributed by atoms with van der Waals surface area (Å²) in [6, 6.07) is 9.48. The van der Waals surface area contributed by atoms with Crippen molar-refractivity contribution in [3.8, 4) is 0 Å². The average Bonchev–Trinajstić information content (AvgIpc) is 3.08. The molecule has 3 rings (SSSR count). The molecule has 1 aliphatic heterocycles. The molecule has 0 atom stereocenters. The normalized spacial score (nSPS) is 20.9. The molecule has 0 aliphatic carbocycles. The molecule has 23 heavy (non-hydrogen) atoms. The van der Waals surface area contributed by atoms with Gasteiger partial charge in [0.2, 0.25) is 0 Å². The van der Waals surface area contributed by atoms with Gasteiger partial charge >= 0.3 is 0 Å². The molecule has 1 fully saturated rings. The highest BCUT2D eigenvalue weighted by atomic mass is 32.1. The molecule has 2 aromatic rings. The molecule has 5 nitrogen and oxygen atoms in total. The Balaban J connectivity index is 1.47. The van der Waals surface area contributed by atoms with Gasteiger partial charge in [-0.15, -0.1) is 11.3 Å². The number of anilines is 1. The monoisotopic (exact) mass is 330 g/mol. The van der Waals surface area contributed by atoms with Crippen molar-refractivity contribution in [3.05, 3.63) is 47.5 Å². The lowest BCUT2D eigenvalue weighted by Gasteiger charge is -2.28. The number of aromatic nitrogens is 1. The lowest BCUT2D eigenvalue weighted by atomic mass is 9.89. The highest BCUT2D eigenvalue weighted by Gasteiger charge is 2.29. The maximum absolute atomic E-state index is 12.4. The van der Waals surface area contributed by atoms with E-state index in [1.54, 1.807) is 6.20 Å². The Morgan fingerprint density at radius 2 is 1.96 bits per heavy atom. The number of piperidine rings is 1. The van der Waals surface area contributed by atoms with E-state index in [0.29, 0.717) is 11.7 Å². The summed E-state index contributed by atoms with van der Waals surface area (Å²) >= 11 is 1.42. The van der Waals surface area contributed by atoms with Crippen LogP contribution in [0.5, 0.6) is 0 Å². The van der Waals surface area contributed by atoms with Gasteiger partial charge in [-0.1, -0.05) is 30.3 Å². The molecule has 1 aromatic carbocycles. The van der Waals surface area contributed by atoms with Gasteiger partial charge in [-0.3, -0.25) is 14.9 Å². The van der Waals surface area contributed by atoms with Crippen LogP contribution in [0.1, 0.15) is 23.2 Å². The fourth-order valence-corrected chi connectivity index (χ4v) is 3.52. The van der Waals surface area contributed by atoms with E-state index in [1.165, 1.54) is 16.2 Å². The highest BCUT2D eigenvalue weighted by molar-refractivity contribution is 7.13. The minimum atomic E-state index is -0.0113. The molecule has 0 radical (unpaired) electrons. The number of quaternary nitrogens is 1. The first-order valence-electron chi connectivity index (χ1n) is 7.84. The van der Waals surface area contributed by atoms with Crippen LogP contribution in [0.2, 0.25) is 0 Å². The molecule has 2 heterocycles. The maximum Gasteiger partial charge on any atom is 0.281 e. The highest BCUT2D eigenvalue weighted by Crippen LogP contribution is 2.16. The summed E-state index contributed by atoms with van der Waals surface area (Å²) in [6.45, 7) is 2.15. The number of rotatable bonds is 5. The van der Waals surface area contributed by atoms with Crippen LogP contribution >= 0.6 is 11.3 Å². The van der Waals surface area contributed by atoms with E-state index < -0.39 is 0 Å². The third-order valence-electron chi connectivity index (χ3n) is 4.21. The number of nitrogens with zero attached hydrogens (tertiary/aromatic N) is 1. The number of Topliss-reactive ketones (excluding diaryl/α,β-unsaturated/α-hetero) is 1. The van der Waals surface area contributed by atoms with E-state index in [0.717, 1.165) is 31.5 Å². The van der Waals surface area contributed by atoms with Gasteiger partial charge < -0.3 is 4.90 Å². The van der Waals surface area contributed by atoms with Crippen molar-refractivity contribution in [1.29, 1.82) is 0 Å². The van der Waals surface area contributed by atoms with Gasteiger partial charge in [0, 0.05) is 35.9 Å². The molecule has 0 unspecified atom stereocenters. The van der Waals surface area contributed by atoms with Crippen molar-refractivity contribution in [3.63, 3.8) is 0 Å². The summed E-state index contributed by atoms with van der Waals surface area (Å²) in [5, 5.41) is 5.29. The molecule has 1 amide bonds. The van der Waals surface area contributed by atoms with E-state index in [4.69, 9.17) is 0 Å². The van der Waals surface area contributed by atoms with Crippen molar-refractivity contribution in [2.24, 2.45) is 5.92 Å². The number of likely N-dealkylation sites (tertiary alicyclic amines) is 1. The number of carbonyl (C=O) groups excluding carboxylic acids is 2. The van der Waals surface area contributed by atoms with Crippen LogP contribution in [0.15, 0.2) is 41.9 Å². The second-order valence-electron chi connectivity index (χ2n) is 5.82. The van der Waals surface area contributed by atoms with E-state index in [-0.39, 0.29) is 17.6 Å². The predicted octanol–water partition coefficient (Wildman–Crippen LogP) is 1.26. The third kappa shape index (κ3) is 4.24. The molecular formula is C17H20N3O2S+. The number of benzene rings is 1. The minimum Gasteiger partial charge on any atom is -0.327 e. The molecule has 2 N–H and O–H groups in total. The number of nitrogens with one attached hydrogen (secondary N) is 2. The molecule has 0 saturated carbocycles. The Bertz CT molecular complexity index is 650. The van der Waals surface area contributed by atoms with Gasteiger partial charge in [0.05, 0.1) is 13.1 Å². The molecule has 0 bridgehead atoms. The zero-order chi connectivity index (χ0) is 16.1. The van der Waals surface area contributed by atoms with Crippen LogP contribution < -0.4 is 10.2 Å². The quantitative estimate of drug-likeness (QED) is 0.811. The first kappa shape index (κ1) is 15.8. The second kappa shape index (κ2) is 7.48. The summed E-state index contributed by atoms with van der Waals surface area (Å²) in [5.41, 5.74) is 0.794. The third-order valence-corrected chi connectivity index (χ3v) is 4.90. The van der Waals surface area contributed by atoms with Gasteiger partial charge in [-0.25, -0.2) is 4.98 Å². The number of hydrogen-bond acceptors (Lipinski definition) is 4. The van der Waals surface area contributed by atoms with Crippen molar-refractivity contribution in [2.45, 2.75) is 12.8 Å². The maximum atomic E-state index is 12.4. The Kier molecular flexibility index (Phi) is 5.15. The van der Waals surface area contributed by atoms with Gasteiger partial charge in [0.25, 0.3) is 5.91 Å². The Morgan fingerprint density at radius 1 is 1.22 bits per heavy atom. The molecule has 1 aliphatic rings. The lowest BCUT2D eigenvalue weighted by molar-refractivity contribution is -0.897. The van der Waals surface area contributed by atoms with Gasteiger partial charge in [0.15, 0.2) is 17.5 Å². The van der Waals surface area contributed by atoms with Crippen molar-refractivity contribution >= 4 is 28.2 Å². The van der Waals surface area contributed by atoms with Crippen LogP contribution in [0.4, 0.5) is 5.13 Å². The van der Waals surface area contributed by atoms with E-state index in [9.17, 15) is 9.59 Å². The Labute approximate surface area is 139 Å². The molecule has 1 saturated heterocycles. The number of carbonyl (C=O) groups is 2. The molecule has 1 aromatic heterocycles. The van der Waals surface area contributed by atoms with Gasteiger partial charge in [-0.2, -0.15) is 0 Å². The number of thiazole rings is 1. The van der Waals surface area contributed by atoms with Crippen LogP contribution in [-0.2, 0) is 4.79 Å². The van der Waals surface area contributed by atoms with Crippen LogP contribution in [0, 0.1) is 5.92 Å². The Morgan fingerprint density at radius 3 is 2.61 bits per heavy atom. The largest absolute Gasteiger partial charge is 0.327 e. The zero-order valence-corrected chi connectivity index (χ0v) is 13.6. The molecular weight excluding hydrogens is 310 g/mol. The first-order chi connectivity index (χ1) is 11.2. The van der Waals surface area contributed by atoms with Gasteiger partial charge in [-0.05, 0) is 0 Å². The van der Waals surface area contributed by atoms with Crippen LogP contribution in [-0.4, -0.2) is 36.3 Å². The smallest absolute Gasteiger partial charge is 0.281 e. The summed E-state index contributed by atoms with van der Waals surface area (Å²) in [5.74, 6) is 0.308. The zero-order valence-electron chi connectivity index (χ0n) is 12.8. The minimum absolute atomic E-state index is 0.0113. The van der Waals surface area contributed by atoms with E-state index in [1.807, 2.05) is 35.7 Å². The SMILES string of the molecule is O=C(C[NH+]1CCC(C(=O)c2ccccc2)CC1)Nc1nccs1. The summed E-state index contributed by atoms with van der Waals surface area (Å²) in [6.07, 6.45) is 3.36. The van der Waals surface area contributed by atoms with Crippen molar-refractivity contribution in [2.75, 3.05) is 25.0 Å². The molecule has 0 spiro atoms. The summed E-state index contributed by atoms with van der Waals surface area (Å²) in [7, 11) is 0.